The zero-order valence-corrected chi connectivity index (χ0v) is 13.5. The van der Waals surface area contributed by atoms with Crippen LogP contribution in [0, 0.1) is 5.41 Å². The molecule has 1 heterocycles. The second kappa shape index (κ2) is 6.48. The van der Waals surface area contributed by atoms with E-state index >= 15 is 0 Å². The molecule has 1 unspecified atom stereocenters. The number of carbonyl (C=O) groups excluding carboxylic acids is 1. The number of anilines is 1. The van der Waals surface area contributed by atoms with Crippen molar-refractivity contribution in [3.05, 3.63) is 24.3 Å². The molecule has 2 rings (SSSR count). The smallest absolute Gasteiger partial charge is 0.231 e. The van der Waals surface area contributed by atoms with E-state index in [1.807, 2.05) is 45.0 Å². The van der Waals surface area contributed by atoms with E-state index in [-0.39, 0.29) is 17.4 Å². The Morgan fingerprint density at radius 1 is 1.43 bits per heavy atom. The average molecular weight is 290 g/mol. The number of amides is 1. The standard InChI is InChI=1S/C17H26N2O2/c1-13(2)21-15-8-5-7-14(11-15)18-16(20)17(3)9-6-10-19(4)12-17/h5,7-8,11,13H,6,9-10,12H2,1-4H3,(H,18,20). The van der Waals surface area contributed by atoms with E-state index in [4.69, 9.17) is 4.74 Å². The van der Waals surface area contributed by atoms with Crippen LogP contribution >= 0.6 is 0 Å². The maximum absolute atomic E-state index is 12.6. The van der Waals surface area contributed by atoms with E-state index in [0.717, 1.165) is 37.4 Å². The van der Waals surface area contributed by atoms with Crippen molar-refractivity contribution in [2.45, 2.75) is 39.7 Å². The highest BCUT2D eigenvalue weighted by atomic mass is 16.5. The van der Waals surface area contributed by atoms with Gasteiger partial charge in [-0.3, -0.25) is 4.79 Å². The summed E-state index contributed by atoms with van der Waals surface area (Å²) in [7, 11) is 2.07. The summed E-state index contributed by atoms with van der Waals surface area (Å²) in [6.45, 7) is 7.91. The molecule has 1 aliphatic heterocycles. The Hall–Kier alpha value is -1.55. The average Bonchev–Trinajstić information content (AvgIpc) is 2.38. The Labute approximate surface area is 127 Å². The van der Waals surface area contributed by atoms with Crippen molar-refractivity contribution in [3.8, 4) is 5.75 Å². The molecule has 1 saturated heterocycles. The maximum atomic E-state index is 12.6. The van der Waals surface area contributed by atoms with Crippen molar-refractivity contribution < 1.29 is 9.53 Å². The highest BCUT2D eigenvalue weighted by Gasteiger charge is 2.36. The molecule has 4 heteroatoms. The Balaban J connectivity index is 2.05. The Kier molecular flexibility index (Phi) is 4.88. The number of piperidine rings is 1. The van der Waals surface area contributed by atoms with Crippen LogP contribution < -0.4 is 10.1 Å². The van der Waals surface area contributed by atoms with Gasteiger partial charge in [-0.15, -0.1) is 0 Å². The van der Waals surface area contributed by atoms with Gasteiger partial charge < -0.3 is 15.0 Å². The lowest BCUT2D eigenvalue weighted by atomic mass is 9.81. The number of nitrogens with one attached hydrogen (secondary N) is 1. The molecule has 0 saturated carbocycles. The summed E-state index contributed by atoms with van der Waals surface area (Å²) in [6, 6.07) is 7.60. The predicted molar refractivity (Wildman–Crippen MR) is 85.7 cm³/mol. The number of hydrogen-bond donors (Lipinski definition) is 1. The first-order valence-corrected chi connectivity index (χ1v) is 7.66. The van der Waals surface area contributed by atoms with E-state index in [0.29, 0.717) is 0 Å². The Morgan fingerprint density at radius 3 is 2.86 bits per heavy atom. The van der Waals surface area contributed by atoms with Gasteiger partial charge in [-0.05, 0) is 59.3 Å². The van der Waals surface area contributed by atoms with Crippen LogP contribution in [-0.4, -0.2) is 37.0 Å². The molecule has 0 bridgehead atoms. The normalized spacial score (nSPS) is 23.1. The van der Waals surface area contributed by atoms with E-state index in [1.165, 1.54) is 0 Å². The third-order valence-corrected chi connectivity index (χ3v) is 3.90. The van der Waals surface area contributed by atoms with Crippen molar-refractivity contribution in [1.82, 2.24) is 4.90 Å². The zero-order valence-electron chi connectivity index (χ0n) is 13.5. The van der Waals surface area contributed by atoms with Crippen molar-refractivity contribution in [2.24, 2.45) is 5.41 Å². The highest BCUT2D eigenvalue weighted by molar-refractivity contribution is 5.95. The minimum absolute atomic E-state index is 0.0933. The van der Waals surface area contributed by atoms with Gasteiger partial charge in [0, 0.05) is 18.3 Å². The summed E-state index contributed by atoms with van der Waals surface area (Å²) in [4.78, 5) is 14.8. The molecule has 0 aliphatic carbocycles. The lowest BCUT2D eigenvalue weighted by molar-refractivity contribution is -0.127. The van der Waals surface area contributed by atoms with Gasteiger partial charge in [-0.2, -0.15) is 0 Å². The summed E-state index contributed by atoms with van der Waals surface area (Å²) >= 11 is 0. The number of likely N-dealkylation sites (tertiary alicyclic amines) is 1. The van der Waals surface area contributed by atoms with E-state index in [2.05, 4.69) is 17.3 Å². The summed E-state index contributed by atoms with van der Waals surface area (Å²) < 4.78 is 5.66. The van der Waals surface area contributed by atoms with Crippen LogP contribution in [-0.2, 0) is 4.79 Å². The van der Waals surface area contributed by atoms with Crippen molar-refractivity contribution in [2.75, 3.05) is 25.5 Å². The summed E-state index contributed by atoms with van der Waals surface area (Å²) in [5.41, 5.74) is 0.481. The van der Waals surface area contributed by atoms with Crippen LogP contribution in [0.2, 0.25) is 0 Å². The van der Waals surface area contributed by atoms with Gasteiger partial charge in [-0.25, -0.2) is 0 Å². The van der Waals surface area contributed by atoms with Gasteiger partial charge in [-0.1, -0.05) is 6.07 Å². The fourth-order valence-corrected chi connectivity index (χ4v) is 2.88. The van der Waals surface area contributed by atoms with Crippen LogP contribution in [0.25, 0.3) is 0 Å². The van der Waals surface area contributed by atoms with E-state index in [1.54, 1.807) is 0 Å². The molecule has 1 atom stereocenters. The molecule has 116 valence electrons. The molecule has 0 aromatic heterocycles. The number of ether oxygens (including phenoxy) is 1. The lowest BCUT2D eigenvalue weighted by Crippen LogP contribution is -2.46. The molecule has 4 nitrogen and oxygen atoms in total. The number of rotatable bonds is 4. The fourth-order valence-electron chi connectivity index (χ4n) is 2.88. The van der Waals surface area contributed by atoms with Crippen molar-refractivity contribution in [1.29, 1.82) is 0 Å². The summed E-state index contributed by atoms with van der Waals surface area (Å²) in [5.74, 6) is 0.879. The third kappa shape index (κ3) is 4.21. The van der Waals surface area contributed by atoms with Gasteiger partial charge in [0.1, 0.15) is 5.75 Å². The zero-order chi connectivity index (χ0) is 15.5. The molecule has 21 heavy (non-hydrogen) atoms. The van der Waals surface area contributed by atoms with Crippen LogP contribution in [0.3, 0.4) is 0 Å². The first-order chi connectivity index (χ1) is 9.89. The first-order valence-electron chi connectivity index (χ1n) is 7.66. The second-order valence-corrected chi connectivity index (χ2v) is 6.55. The molecular weight excluding hydrogens is 264 g/mol. The minimum atomic E-state index is -0.318. The molecule has 1 fully saturated rings. The monoisotopic (exact) mass is 290 g/mol. The SMILES string of the molecule is CC(C)Oc1cccc(NC(=O)C2(C)CCCN(C)C2)c1. The number of carbonyl (C=O) groups is 1. The van der Waals surface area contributed by atoms with Crippen LogP contribution in [0.5, 0.6) is 5.75 Å². The first kappa shape index (κ1) is 15.8. The Morgan fingerprint density at radius 2 is 2.19 bits per heavy atom. The molecule has 1 aromatic carbocycles. The Bertz CT molecular complexity index is 501. The molecule has 1 N–H and O–H groups in total. The second-order valence-electron chi connectivity index (χ2n) is 6.55. The van der Waals surface area contributed by atoms with Gasteiger partial charge in [0.15, 0.2) is 0 Å². The minimum Gasteiger partial charge on any atom is -0.491 e. The van der Waals surface area contributed by atoms with E-state index in [9.17, 15) is 4.79 Å². The topological polar surface area (TPSA) is 41.6 Å². The van der Waals surface area contributed by atoms with Crippen LogP contribution in [0.1, 0.15) is 33.6 Å². The highest BCUT2D eigenvalue weighted by Crippen LogP contribution is 2.30. The van der Waals surface area contributed by atoms with Crippen molar-refractivity contribution >= 4 is 11.6 Å². The van der Waals surface area contributed by atoms with Gasteiger partial charge in [0.05, 0.1) is 11.5 Å². The van der Waals surface area contributed by atoms with E-state index < -0.39 is 0 Å². The summed E-state index contributed by atoms with van der Waals surface area (Å²) in [5, 5.41) is 3.04. The van der Waals surface area contributed by atoms with Crippen molar-refractivity contribution in [3.63, 3.8) is 0 Å². The molecule has 1 amide bonds. The number of hydrogen-bond acceptors (Lipinski definition) is 3. The predicted octanol–water partition coefficient (Wildman–Crippen LogP) is 3.14. The van der Waals surface area contributed by atoms with Crippen LogP contribution in [0.15, 0.2) is 24.3 Å². The molecule has 0 radical (unpaired) electrons. The largest absolute Gasteiger partial charge is 0.491 e. The molecule has 0 spiro atoms. The number of benzene rings is 1. The summed E-state index contributed by atoms with van der Waals surface area (Å²) in [6.07, 6.45) is 2.13. The lowest BCUT2D eigenvalue weighted by Gasteiger charge is -2.37. The van der Waals surface area contributed by atoms with Gasteiger partial charge in [0.25, 0.3) is 0 Å². The molecule has 1 aromatic rings. The van der Waals surface area contributed by atoms with Crippen LogP contribution in [0.4, 0.5) is 5.69 Å². The van der Waals surface area contributed by atoms with Gasteiger partial charge >= 0.3 is 0 Å². The number of nitrogens with zero attached hydrogens (tertiary/aromatic N) is 1. The molecule has 1 aliphatic rings. The third-order valence-electron chi connectivity index (χ3n) is 3.90. The fraction of sp³-hybridized carbons (Fsp3) is 0.588. The molecular formula is C17H26N2O2. The quantitative estimate of drug-likeness (QED) is 0.926. The maximum Gasteiger partial charge on any atom is 0.231 e. The van der Waals surface area contributed by atoms with Gasteiger partial charge in [0.2, 0.25) is 5.91 Å².